The third-order valence-electron chi connectivity index (χ3n) is 3.60. The first kappa shape index (κ1) is 17.3. The molecule has 4 aromatic rings. The molecule has 0 aliphatic rings. The molecule has 0 radical (unpaired) electrons. The summed E-state index contributed by atoms with van der Waals surface area (Å²) in [7, 11) is 0. The molecule has 0 saturated carbocycles. The van der Waals surface area contributed by atoms with Crippen LogP contribution in [-0.2, 0) is 12.4 Å². The molecular weight excluding hydrogens is 364 g/mol. The van der Waals surface area contributed by atoms with Crippen molar-refractivity contribution in [2.24, 2.45) is 0 Å². The van der Waals surface area contributed by atoms with Crippen LogP contribution < -0.4 is 4.74 Å². The Morgan fingerprint density at radius 2 is 1.74 bits per heavy atom. The molecule has 0 amide bonds. The van der Waals surface area contributed by atoms with E-state index in [0.717, 1.165) is 16.9 Å². The molecule has 0 bridgehead atoms. The summed E-state index contributed by atoms with van der Waals surface area (Å²) in [6, 6.07) is 17.4. The average Bonchev–Trinajstić information content (AvgIpc) is 3.35. The van der Waals surface area contributed by atoms with Crippen LogP contribution >= 0.6 is 11.8 Å². The van der Waals surface area contributed by atoms with Gasteiger partial charge in [0.1, 0.15) is 5.75 Å². The number of ether oxygens (including phenoxy) is 1. The molecule has 136 valence electrons. The molecule has 0 fully saturated rings. The summed E-state index contributed by atoms with van der Waals surface area (Å²) < 4.78 is 16.8. The van der Waals surface area contributed by atoms with E-state index in [2.05, 4.69) is 20.4 Å². The molecule has 0 aliphatic carbocycles. The number of aryl methyl sites for hydroxylation is 1. The molecule has 0 aliphatic heterocycles. The Bertz CT molecular complexity index is 1020. The van der Waals surface area contributed by atoms with Gasteiger partial charge >= 0.3 is 0 Å². The molecule has 0 atom stereocenters. The van der Waals surface area contributed by atoms with Crippen LogP contribution in [0, 0.1) is 6.92 Å². The number of rotatable bonds is 7. The van der Waals surface area contributed by atoms with Gasteiger partial charge in [-0.2, -0.15) is 0 Å². The van der Waals surface area contributed by atoms with Gasteiger partial charge in [0.05, 0.1) is 5.75 Å². The Labute approximate surface area is 159 Å². The molecule has 2 aromatic carbocycles. The van der Waals surface area contributed by atoms with E-state index in [-0.39, 0.29) is 6.61 Å². The standard InChI is InChI=1S/C19H16N4O3S/c1-13-6-5-7-14(10-13)18-22-21-17(25-18)12-27-19-23-20-16(26-19)11-24-15-8-3-2-4-9-15/h2-10H,11-12H2,1H3. The van der Waals surface area contributed by atoms with Crippen molar-refractivity contribution in [1.82, 2.24) is 20.4 Å². The Hall–Kier alpha value is -3.13. The summed E-state index contributed by atoms with van der Waals surface area (Å²) in [4.78, 5) is 0. The zero-order valence-corrected chi connectivity index (χ0v) is 15.3. The van der Waals surface area contributed by atoms with E-state index in [4.69, 9.17) is 13.6 Å². The van der Waals surface area contributed by atoms with Gasteiger partial charge in [-0.25, -0.2) is 0 Å². The van der Waals surface area contributed by atoms with Gasteiger partial charge in [-0.3, -0.25) is 0 Å². The highest BCUT2D eigenvalue weighted by atomic mass is 32.2. The van der Waals surface area contributed by atoms with Crippen molar-refractivity contribution < 1.29 is 13.6 Å². The van der Waals surface area contributed by atoms with Gasteiger partial charge < -0.3 is 13.6 Å². The Morgan fingerprint density at radius 3 is 2.59 bits per heavy atom. The van der Waals surface area contributed by atoms with Crippen LogP contribution in [0.1, 0.15) is 17.3 Å². The number of benzene rings is 2. The fourth-order valence-electron chi connectivity index (χ4n) is 2.35. The largest absolute Gasteiger partial charge is 0.484 e. The monoisotopic (exact) mass is 380 g/mol. The smallest absolute Gasteiger partial charge is 0.277 e. The molecule has 27 heavy (non-hydrogen) atoms. The lowest BCUT2D eigenvalue weighted by atomic mass is 10.1. The molecule has 4 rings (SSSR count). The summed E-state index contributed by atoms with van der Waals surface area (Å²) in [5, 5.41) is 16.6. The SMILES string of the molecule is Cc1cccc(-c2nnc(CSc3nnc(COc4ccccc4)o3)o2)c1. The number of thioether (sulfide) groups is 1. The van der Waals surface area contributed by atoms with Gasteiger partial charge in [0, 0.05) is 5.56 Å². The molecule has 8 heteroatoms. The van der Waals surface area contributed by atoms with Crippen LogP contribution in [0.2, 0.25) is 0 Å². The minimum atomic E-state index is 0.218. The number of hydrogen-bond donors (Lipinski definition) is 0. The van der Waals surface area contributed by atoms with Crippen molar-refractivity contribution in [2.45, 2.75) is 24.5 Å². The van der Waals surface area contributed by atoms with E-state index in [0.29, 0.717) is 28.6 Å². The summed E-state index contributed by atoms with van der Waals surface area (Å²) in [5.41, 5.74) is 2.04. The average molecular weight is 380 g/mol. The molecule has 0 spiro atoms. The fourth-order valence-corrected chi connectivity index (χ4v) is 2.96. The first-order chi connectivity index (χ1) is 13.3. The summed E-state index contributed by atoms with van der Waals surface area (Å²) >= 11 is 1.34. The van der Waals surface area contributed by atoms with E-state index >= 15 is 0 Å². The first-order valence-electron chi connectivity index (χ1n) is 8.29. The molecule has 0 N–H and O–H groups in total. The summed E-state index contributed by atoms with van der Waals surface area (Å²) in [6.07, 6.45) is 0. The second kappa shape index (κ2) is 8.05. The van der Waals surface area contributed by atoms with Crippen LogP contribution in [0.25, 0.3) is 11.5 Å². The topological polar surface area (TPSA) is 87.1 Å². The van der Waals surface area contributed by atoms with Crippen LogP contribution in [0.5, 0.6) is 5.75 Å². The highest BCUT2D eigenvalue weighted by molar-refractivity contribution is 7.98. The van der Waals surface area contributed by atoms with Crippen molar-refractivity contribution >= 4 is 11.8 Å². The maximum atomic E-state index is 5.70. The molecule has 7 nitrogen and oxygen atoms in total. The second-order valence-electron chi connectivity index (χ2n) is 5.72. The predicted molar refractivity (Wildman–Crippen MR) is 99.1 cm³/mol. The van der Waals surface area contributed by atoms with Crippen molar-refractivity contribution in [1.29, 1.82) is 0 Å². The van der Waals surface area contributed by atoms with Crippen molar-refractivity contribution in [3.8, 4) is 17.2 Å². The van der Waals surface area contributed by atoms with Crippen LogP contribution in [0.4, 0.5) is 0 Å². The second-order valence-corrected chi connectivity index (χ2v) is 6.65. The Balaban J connectivity index is 1.32. The van der Waals surface area contributed by atoms with Gasteiger partial charge in [0.2, 0.25) is 11.8 Å². The van der Waals surface area contributed by atoms with Gasteiger partial charge in [-0.15, -0.1) is 20.4 Å². The summed E-state index contributed by atoms with van der Waals surface area (Å²) in [5.74, 6) is 2.60. The zero-order valence-electron chi connectivity index (χ0n) is 14.5. The van der Waals surface area contributed by atoms with Gasteiger partial charge in [0.15, 0.2) is 6.61 Å². The number of nitrogens with zero attached hydrogens (tertiary/aromatic N) is 4. The fraction of sp³-hybridized carbons (Fsp3) is 0.158. The van der Waals surface area contributed by atoms with Crippen molar-refractivity contribution in [3.63, 3.8) is 0 Å². The van der Waals surface area contributed by atoms with E-state index in [9.17, 15) is 0 Å². The van der Waals surface area contributed by atoms with Crippen LogP contribution in [-0.4, -0.2) is 20.4 Å². The first-order valence-corrected chi connectivity index (χ1v) is 9.27. The predicted octanol–water partition coefficient (Wildman–Crippen LogP) is 4.30. The minimum Gasteiger partial charge on any atom is -0.484 e. The summed E-state index contributed by atoms with van der Waals surface area (Å²) in [6.45, 7) is 2.24. The molecule has 0 unspecified atom stereocenters. The van der Waals surface area contributed by atoms with Crippen molar-refractivity contribution in [2.75, 3.05) is 0 Å². The van der Waals surface area contributed by atoms with Gasteiger partial charge in [-0.05, 0) is 31.2 Å². The molecular formula is C19H16N4O3S. The molecule has 2 heterocycles. The number of aromatic nitrogens is 4. The van der Waals surface area contributed by atoms with E-state index < -0.39 is 0 Å². The molecule has 2 aromatic heterocycles. The maximum absolute atomic E-state index is 5.70. The minimum absolute atomic E-state index is 0.218. The van der Waals surface area contributed by atoms with Crippen LogP contribution in [0.3, 0.4) is 0 Å². The van der Waals surface area contributed by atoms with Crippen molar-refractivity contribution in [3.05, 3.63) is 71.9 Å². The third-order valence-corrected chi connectivity index (χ3v) is 4.41. The van der Waals surface area contributed by atoms with Gasteiger partial charge in [0.25, 0.3) is 11.1 Å². The zero-order chi connectivity index (χ0) is 18.5. The molecule has 0 saturated heterocycles. The number of para-hydroxylation sites is 1. The van der Waals surface area contributed by atoms with Gasteiger partial charge in [-0.1, -0.05) is 47.7 Å². The third kappa shape index (κ3) is 4.53. The Kier molecular flexibility index (Phi) is 5.15. The lowest BCUT2D eigenvalue weighted by Crippen LogP contribution is -1.95. The van der Waals surface area contributed by atoms with E-state index in [1.165, 1.54) is 11.8 Å². The number of hydrogen-bond acceptors (Lipinski definition) is 8. The highest BCUT2D eigenvalue weighted by Crippen LogP contribution is 2.24. The van der Waals surface area contributed by atoms with E-state index in [1.807, 2.05) is 61.5 Å². The highest BCUT2D eigenvalue weighted by Gasteiger charge is 2.12. The Morgan fingerprint density at radius 1 is 0.889 bits per heavy atom. The lowest BCUT2D eigenvalue weighted by molar-refractivity contribution is 0.252. The lowest BCUT2D eigenvalue weighted by Gasteiger charge is -2.01. The maximum Gasteiger partial charge on any atom is 0.277 e. The quantitative estimate of drug-likeness (QED) is 0.439. The van der Waals surface area contributed by atoms with E-state index in [1.54, 1.807) is 0 Å². The normalized spacial score (nSPS) is 10.9. The van der Waals surface area contributed by atoms with Crippen LogP contribution in [0.15, 0.2) is 68.7 Å².